The molecule has 2 rings (SSSR count). The third-order valence-electron chi connectivity index (χ3n) is 2.30. The highest BCUT2D eigenvalue weighted by Gasteiger charge is 2.15. The number of hydrogen-bond donors (Lipinski definition) is 1. The van der Waals surface area contributed by atoms with E-state index in [0.29, 0.717) is 6.10 Å². The molecule has 0 radical (unpaired) electrons. The van der Waals surface area contributed by atoms with E-state index in [1.165, 1.54) is 6.42 Å². The predicted octanol–water partition coefficient (Wildman–Crippen LogP) is 2.44. The lowest BCUT2D eigenvalue weighted by atomic mass is 10.2. The van der Waals surface area contributed by atoms with E-state index in [1.807, 2.05) is 12.1 Å². The Morgan fingerprint density at radius 2 is 2.57 bits per heavy atom. The summed E-state index contributed by atoms with van der Waals surface area (Å²) >= 11 is 3.39. The molecule has 0 aromatic carbocycles. The Morgan fingerprint density at radius 3 is 3.29 bits per heavy atom. The molecular formula is C10H13BrN2O. The summed E-state index contributed by atoms with van der Waals surface area (Å²) in [5.41, 5.74) is 1.03. The van der Waals surface area contributed by atoms with Gasteiger partial charge in [-0.05, 0) is 40.9 Å². The van der Waals surface area contributed by atoms with E-state index >= 15 is 0 Å². The number of aromatic nitrogens is 1. The Labute approximate surface area is 92.0 Å². The molecule has 0 amide bonds. The minimum Gasteiger partial charge on any atom is -0.380 e. The molecule has 1 aromatic rings. The van der Waals surface area contributed by atoms with Crippen LogP contribution in [-0.4, -0.2) is 24.2 Å². The van der Waals surface area contributed by atoms with Crippen LogP contribution in [0.4, 0.5) is 5.69 Å². The summed E-state index contributed by atoms with van der Waals surface area (Å²) < 4.78 is 6.38. The van der Waals surface area contributed by atoms with Crippen LogP contribution in [0.25, 0.3) is 0 Å². The molecular weight excluding hydrogens is 244 g/mol. The summed E-state index contributed by atoms with van der Waals surface area (Å²) in [5, 5.41) is 3.32. The van der Waals surface area contributed by atoms with Crippen molar-refractivity contribution in [2.75, 3.05) is 18.5 Å². The van der Waals surface area contributed by atoms with E-state index in [0.717, 1.165) is 29.9 Å². The van der Waals surface area contributed by atoms with Crippen LogP contribution >= 0.6 is 15.9 Å². The predicted molar refractivity (Wildman–Crippen MR) is 59.4 cm³/mol. The van der Waals surface area contributed by atoms with Gasteiger partial charge in [-0.15, -0.1) is 0 Å². The molecule has 76 valence electrons. The third kappa shape index (κ3) is 2.45. The van der Waals surface area contributed by atoms with Crippen LogP contribution in [0.15, 0.2) is 22.9 Å². The molecule has 1 atom stereocenters. The van der Waals surface area contributed by atoms with Gasteiger partial charge in [-0.3, -0.25) is 0 Å². The highest BCUT2D eigenvalue weighted by Crippen LogP contribution is 2.19. The van der Waals surface area contributed by atoms with Crippen molar-refractivity contribution in [2.24, 2.45) is 0 Å². The van der Waals surface area contributed by atoms with E-state index in [2.05, 4.69) is 26.2 Å². The molecule has 0 spiro atoms. The van der Waals surface area contributed by atoms with Gasteiger partial charge in [0.1, 0.15) is 4.60 Å². The summed E-state index contributed by atoms with van der Waals surface area (Å²) in [4.78, 5) is 4.14. The van der Waals surface area contributed by atoms with Crippen molar-refractivity contribution in [3.05, 3.63) is 22.9 Å². The minimum absolute atomic E-state index is 0.363. The van der Waals surface area contributed by atoms with Crippen LogP contribution in [0.5, 0.6) is 0 Å². The first-order chi connectivity index (χ1) is 6.86. The van der Waals surface area contributed by atoms with Crippen molar-refractivity contribution in [2.45, 2.75) is 18.9 Å². The quantitative estimate of drug-likeness (QED) is 0.844. The summed E-state index contributed by atoms with van der Waals surface area (Å²) in [7, 11) is 0. The van der Waals surface area contributed by atoms with Crippen LogP contribution in [0, 0.1) is 0 Å². The fraction of sp³-hybridized carbons (Fsp3) is 0.500. The topological polar surface area (TPSA) is 34.2 Å². The van der Waals surface area contributed by atoms with Crippen molar-refractivity contribution in [1.29, 1.82) is 0 Å². The van der Waals surface area contributed by atoms with Crippen LogP contribution < -0.4 is 5.32 Å². The number of nitrogens with zero attached hydrogens (tertiary/aromatic N) is 1. The summed E-state index contributed by atoms with van der Waals surface area (Å²) in [6.45, 7) is 1.77. The van der Waals surface area contributed by atoms with E-state index in [-0.39, 0.29) is 0 Å². The maximum Gasteiger partial charge on any atom is 0.129 e. The smallest absolute Gasteiger partial charge is 0.129 e. The van der Waals surface area contributed by atoms with Crippen molar-refractivity contribution in [3.8, 4) is 0 Å². The Balaban J connectivity index is 1.88. The molecule has 0 bridgehead atoms. The number of pyridine rings is 1. The maximum absolute atomic E-state index is 5.52. The average Bonchev–Trinajstić information content (AvgIpc) is 2.69. The third-order valence-corrected chi connectivity index (χ3v) is 2.94. The van der Waals surface area contributed by atoms with Crippen LogP contribution in [-0.2, 0) is 4.74 Å². The number of ether oxygens (including phenoxy) is 1. The lowest BCUT2D eigenvalue weighted by molar-refractivity contribution is 0.120. The maximum atomic E-state index is 5.52. The first kappa shape index (κ1) is 9.93. The van der Waals surface area contributed by atoms with Gasteiger partial charge in [0.25, 0.3) is 0 Å². The van der Waals surface area contributed by atoms with Crippen LogP contribution in [0.2, 0.25) is 0 Å². The summed E-state index contributed by atoms with van der Waals surface area (Å²) in [6, 6.07) is 3.93. The number of rotatable bonds is 3. The van der Waals surface area contributed by atoms with Gasteiger partial charge >= 0.3 is 0 Å². The van der Waals surface area contributed by atoms with Crippen molar-refractivity contribution in [1.82, 2.24) is 4.98 Å². The van der Waals surface area contributed by atoms with Gasteiger partial charge in [0.2, 0.25) is 0 Å². The molecule has 1 fully saturated rings. The molecule has 1 aliphatic heterocycles. The monoisotopic (exact) mass is 256 g/mol. The van der Waals surface area contributed by atoms with Gasteiger partial charge < -0.3 is 10.1 Å². The van der Waals surface area contributed by atoms with Crippen molar-refractivity contribution >= 4 is 21.6 Å². The number of nitrogens with one attached hydrogen (secondary N) is 1. The lowest BCUT2D eigenvalue weighted by Crippen LogP contribution is -2.18. The van der Waals surface area contributed by atoms with Gasteiger partial charge in [0.15, 0.2) is 0 Å². The highest BCUT2D eigenvalue weighted by atomic mass is 79.9. The van der Waals surface area contributed by atoms with Gasteiger partial charge in [-0.1, -0.05) is 0 Å². The Hall–Kier alpha value is -0.610. The zero-order valence-electron chi connectivity index (χ0n) is 7.87. The summed E-state index contributed by atoms with van der Waals surface area (Å²) in [5.74, 6) is 0. The molecule has 4 heteroatoms. The largest absolute Gasteiger partial charge is 0.380 e. The molecule has 1 unspecified atom stereocenters. The lowest BCUT2D eigenvalue weighted by Gasteiger charge is -2.12. The minimum atomic E-state index is 0.363. The molecule has 0 saturated carbocycles. The zero-order chi connectivity index (χ0) is 9.80. The molecule has 1 aromatic heterocycles. The Bertz CT molecular complexity index is 300. The fourth-order valence-electron chi connectivity index (χ4n) is 1.55. The van der Waals surface area contributed by atoms with E-state index < -0.39 is 0 Å². The van der Waals surface area contributed by atoms with E-state index in [9.17, 15) is 0 Å². The molecule has 1 aliphatic rings. The average molecular weight is 257 g/mol. The van der Waals surface area contributed by atoms with Crippen LogP contribution in [0.1, 0.15) is 12.8 Å². The van der Waals surface area contributed by atoms with Gasteiger partial charge in [-0.2, -0.15) is 0 Å². The molecule has 14 heavy (non-hydrogen) atoms. The molecule has 0 aliphatic carbocycles. The molecule has 1 saturated heterocycles. The second-order valence-corrected chi connectivity index (χ2v) is 4.11. The Morgan fingerprint density at radius 1 is 1.64 bits per heavy atom. The normalized spacial score (nSPS) is 21.1. The first-order valence-corrected chi connectivity index (χ1v) is 5.61. The molecule has 3 nitrogen and oxygen atoms in total. The molecule has 1 N–H and O–H groups in total. The number of hydrogen-bond acceptors (Lipinski definition) is 3. The van der Waals surface area contributed by atoms with Gasteiger partial charge in [0, 0.05) is 19.3 Å². The summed E-state index contributed by atoms with van der Waals surface area (Å²) in [6.07, 6.45) is 4.47. The van der Waals surface area contributed by atoms with Gasteiger partial charge in [0.05, 0.1) is 11.8 Å². The van der Waals surface area contributed by atoms with Crippen molar-refractivity contribution < 1.29 is 4.74 Å². The SMILES string of the molecule is Brc1ncccc1NCC1CCCO1. The fourth-order valence-corrected chi connectivity index (χ4v) is 1.94. The second-order valence-electron chi connectivity index (χ2n) is 3.36. The number of halogens is 1. The van der Waals surface area contributed by atoms with E-state index in [1.54, 1.807) is 6.20 Å². The number of anilines is 1. The zero-order valence-corrected chi connectivity index (χ0v) is 9.46. The first-order valence-electron chi connectivity index (χ1n) is 4.82. The standard InChI is InChI=1S/C10H13BrN2O/c11-10-9(4-1-5-12-10)13-7-8-3-2-6-14-8/h1,4-5,8,13H,2-3,6-7H2. The van der Waals surface area contributed by atoms with E-state index in [4.69, 9.17) is 4.74 Å². The van der Waals surface area contributed by atoms with Crippen molar-refractivity contribution in [3.63, 3.8) is 0 Å². The molecule has 2 heterocycles. The van der Waals surface area contributed by atoms with Gasteiger partial charge in [-0.25, -0.2) is 4.98 Å². The second kappa shape index (κ2) is 4.75. The Kier molecular flexibility index (Phi) is 3.37. The van der Waals surface area contributed by atoms with Crippen LogP contribution in [0.3, 0.4) is 0 Å². The highest BCUT2D eigenvalue weighted by molar-refractivity contribution is 9.10.